The predicted molar refractivity (Wildman–Crippen MR) is 40.4 cm³/mol. The second kappa shape index (κ2) is 2.53. The summed E-state index contributed by atoms with van der Waals surface area (Å²) >= 11 is 0. The molecule has 0 bridgehead atoms. The zero-order valence-electron chi connectivity index (χ0n) is 6.49. The van der Waals surface area contributed by atoms with E-state index in [0.717, 1.165) is 19.0 Å². The molecule has 0 atom stereocenters. The molecule has 0 aromatic rings. The Balaban J connectivity index is 2.66. The second-order valence-electron chi connectivity index (χ2n) is 3.06. The molecule has 1 aliphatic rings. The minimum Gasteiger partial charge on any atom is -0.309 e. The van der Waals surface area contributed by atoms with Crippen molar-refractivity contribution in [3.63, 3.8) is 0 Å². The number of hydrogen-bond acceptors (Lipinski definition) is 1. The highest BCUT2D eigenvalue weighted by Gasteiger charge is 2.11. The third-order valence-electron chi connectivity index (χ3n) is 1.95. The first-order chi connectivity index (χ1) is 4.22. The minimum absolute atomic E-state index is 0.736. The molecule has 0 aliphatic carbocycles. The topological polar surface area (TPSA) is 12.0 Å². The zero-order chi connectivity index (χ0) is 6.85. The molecule has 1 nitrogen and oxygen atoms in total. The van der Waals surface area contributed by atoms with Crippen molar-refractivity contribution in [3.05, 3.63) is 11.1 Å². The van der Waals surface area contributed by atoms with Crippen LogP contribution in [0.15, 0.2) is 11.1 Å². The monoisotopic (exact) mass is 125 g/mol. The van der Waals surface area contributed by atoms with E-state index < -0.39 is 0 Å². The lowest BCUT2D eigenvalue weighted by molar-refractivity contribution is 0.729. The first-order valence-electron chi connectivity index (χ1n) is 3.61. The molecule has 0 radical (unpaired) electrons. The van der Waals surface area contributed by atoms with E-state index in [0.29, 0.717) is 0 Å². The van der Waals surface area contributed by atoms with Gasteiger partial charge >= 0.3 is 0 Å². The normalized spacial score (nSPS) is 20.0. The quantitative estimate of drug-likeness (QED) is 0.524. The van der Waals surface area contributed by atoms with E-state index in [4.69, 9.17) is 0 Å². The maximum Gasteiger partial charge on any atom is 0.0173 e. The van der Waals surface area contributed by atoms with E-state index in [-0.39, 0.29) is 0 Å². The maximum atomic E-state index is 3.33. The molecule has 0 aromatic carbocycles. The van der Waals surface area contributed by atoms with E-state index in [1.54, 1.807) is 11.1 Å². The van der Waals surface area contributed by atoms with Gasteiger partial charge in [0.25, 0.3) is 0 Å². The highest BCUT2D eigenvalue weighted by molar-refractivity contribution is 5.21. The second-order valence-corrected chi connectivity index (χ2v) is 3.06. The molecule has 1 heteroatoms. The van der Waals surface area contributed by atoms with E-state index in [1.807, 2.05) is 0 Å². The largest absolute Gasteiger partial charge is 0.309 e. The van der Waals surface area contributed by atoms with Crippen LogP contribution in [0.2, 0.25) is 0 Å². The van der Waals surface area contributed by atoms with Crippen LogP contribution < -0.4 is 5.32 Å². The van der Waals surface area contributed by atoms with Crippen LogP contribution in [-0.2, 0) is 0 Å². The molecule has 0 amide bonds. The Hall–Kier alpha value is -0.300. The number of rotatable bonds is 1. The van der Waals surface area contributed by atoms with Crippen LogP contribution in [0.1, 0.15) is 20.8 Å². The maximum absolute atomic E-state index is 3.33. The fourth-order valence-electron chi connectivity index (χ4n) is 1.35. The summed E-state index contributed by atoms with van der Waals surface area (Å²) < 4.78 is 0. The predicted octanol–water partition coefficient (Wildman–Crippen LogP) is 1.56. The lowest BCUT2D eigenvalue weighted by Crippen LogP contribution is -2.10. The van der Waals surface area contributed by atoms with Crippen molar-refractivity contribution in [1.29, 1.82) is 0 Å². The molecule has 1 rings (SSSR count). The van der Waals surface area contributed by atoms with E-state index >= 15 is 0 Å². The molecule has 0 spiro atoms. The Morgan fingerprint density at radius 1 is 1.33 bits per heavy atom. The van der Waals surface area contributed by atoms with Gasteiger partial charge in [-0.05, 0) is 12.8 Å². The van der Waals surface area contributed by atoms with Crippen LogP contribution in [0.4, 0.5) is 0 Å². The van der Waals surface area contributed by atoms with Crippen LogP contribution in [-0.4, -0.2) is 13.1 Å². The van der Waals surface area contributed by atoms with Crippen molar-refractivity contribution in [1.82, 2.24) is 5.32 Å². The molecule has 9 heavy (non-hydrogen) atoms. The van der Waals surface area contributed by atoms with Crippen LogP contribution in [0, 0.1) is 5.92 Å². The van der Waals surface area contributed by atoms with Gasteiger partial charge in [-0.2, -0.15) is 0 Å². The summed E-state index contributed by atoms with van der Waals surface area (Å²) in [6, 6.07) is 0. The molecule has 1 aliphatic heterocycles. The first-order valence-corrected chi connectivity index (χ1v) is 3.61. The van der Waals surface area contributed by atoms with Crippen molar-refractivity contribution in [2.24, 2.45) is 5.92 Å². The summed E-state index contributed by atoms with van der Waals surface area (Å²) in [7, 11) is 0. The summed E-state index contributed by atoms with van der Waals surface area (Å²) in [6.45, 7) is 8.95. The van der Waals surface area contributed by atoms with Crippen molar-refractivity contribution >= 4 is 0 Å². The van der Waals surface area contributed by atoms with Gasteiger partial charge in [0, 0.05) is 13.1 Å². The number of nitrogens with one attached hydrogen (secondary N) is 1. The van der Waals surface area contributed by atoms with Crippen LogP contribution in [0.3, 0.4) is 0 Å². The molecule has 0 aromatic heterocycles. The zero-order valence-corrected chi connectivity index (χ0v) is 6.49. The summed E-state index contributed by atoms with van der Waals surface area (Å²) in [6.07, 6.45) is 0. The third kappa shape index (κ3) is 1.33. The van der Waals surface area contributed by atoms with Gasteiger partial charge in [-0.1, -0.05) is 25.0 Å². The van der Waals surface area contributed by atoms with Crippen molar-refractivity contribution in [2.75, 3.05) is 13.1 Å². The van der Waals surface area contributed by atoms with Gasteiger partial charge in [-0.3, -0.25) is 0 Å². The van der Waals surface area contributed by atoms with E-state index in [1.165, 1.54) is 0 Å². The fraction of sp³-hybridized carbons (Fsp3) is 0.750. The van der Waals surface area contributed by atoms with Gasteiger partial charge in [0.1, 0.15) is 0 Å². The molecule has 0 unspecified atom stereocenters. The third-order valence-corrected chi connectivity index (χ3v) is 1.95. The van der Waals surface area contributed by atoms with Gasteiger partial charge in [-0.25, -0.2) is 0 Å². The lowest BCUT2D eigenvalue weighted by atomic mass is 10.0. The summed E-state index contributed by atoms with van der Waals surface area (Å²) in [5.41, 5.74) is 3.15. The van der Waals surface area contributed by atoms with Gasteiger partial charge in [0.15, 0.2) is 0 Å². The minimum atomic E-state index is 0.736. The standard InChI is InChI=1S/C8H15N/c1-6(2)8-5-9-4-7(8)3/h6,9H,4-5H2,1-3H3. The molecule has 1 heterocycles. The van der Waals surface area contributed by atoms with Crippen molar-refractivity contribution < 1.29 is 0 Å². The van der Waals surface area contributed by atoms with E-state index in [9.17, 15) is 0 Å². The van der Waals surface area contributed by atoms with Gasteiger partial charge in [-0.15, -0.1) is 0 Å². The van der Waals surface area contributed by atoms with Crippen molar-refractivity contribution in [3.8, 4) is 0 Å². The van der Waals surface area contributed by atoms with Crippen LogP contribution in [0.5, 0.6) is 0 Å². The highest BCUT2D eigenvalue weighted by Crippen LogP contribution is 2.16. The Kier molecular flexibility index (Phi) is 1.91. The molecular weight excluding hydrogens is 110 g/mol. The Morgan fingerprint density at radius 3 is 2.22 bits per heavy atom. The van der Waals surface area contributed by atoms with Gasteiger partial charge in [0.05, 0.1) is 0 Å². The summed E-state index contributed by atoms with van der Waals surface area (Å²) in [4.78, 5) is 0. The Bertz CT molecular complexity index is 134. The van der Waals surface area contributed by atoms with Gasteiger partial charge in [0.2, 0.25) is 0 Å². The average Bonchev–Trinajstić information content (AvgIpc) is 2.13. The highest BCUT2D eigenvalue weighted by atomic mass is 14.9. The van der Waals surface area contributed by atoms with Crippen LogP contribution in [0.25, 0.3) is 0 Å². The van der Waals surface area contributed by atoms with Gasteiger partial charge < -0.3 is 5.32 Å². The Morgan fingerprint density at radius 2 is 2.00 bits per heavy atom. The van der Waals surface area contributed by atoms with Crippen LogP contribution >= 0.6 is 0 Å². The summed E-state index contributed by atoms with van der Waals surface area (Å²) in [5.74, 6) is 0.736. The lowest BCUT2D eigenvalue weighted by Gasteiger charge is -2.05. The molecule has 0 saturated carbocycles. The molecule has 0 fully saturated rings. The van der Waals surface area contributed by atoms with E-state index in [2.05, 4.69) is 26.1 Å². The first kappa shape index (κ1) is 6.81. The number of hydrogen-bond donors (Lipinski definition) is 1. The molecular formula is C8H15N. The fourth-order valence-corrected chi connectivity index (χ4v) is 1.35. The SMILES string of the molecule is CC1=C(C(C)C)CNC1. The smallest absolute Gasteiger partial charge is 0.0173 e. The van der Waals surface area contributed by atoms with Crippen molar-refractivity contribution in [2.45, 2.75) is 20.8 Å². The molecule has 1 N–H and O–H groups in total. The molecule has 52 valence electrons. The Labute approximate surface area is 57.1 Å². The average molecular weight is 125 g/mol. The summed E-state index contributed by atoms with van der Waals surface area (Å²) in [5, 5.41) is 3.33. The molecule has 0 saturated heterocycles.